The number of hydrogen-bond donors (Lipinski definition) is 2. The second kappa shape index (κ2) is 3.73. The van der Waals surface area contributed by atoms with Gasteiger partial charge in [-0.3, -0.25) is 9.89 Å². The van der Waals surface area contributed by atoms with Gasteiger partial charge in [-0.2, -0.15) is 5.10 Å². The maximum absolute atomic E-state index is 10.5. The van der Waals surface area contributed by atoms with E-state index in [1.165, 1.54) is 0 Å². The Balaban J connectivity index is 2.39. The van der Waals surface area contributed by atoms with Gasteiger partial charge in [-0.05, 0) is 18.6 Å². The molecule has 2 rings (SSSR count). The molecule has 4 nitrogen and oxygen atoms in total. The second-order valence-electron chi connectivity index (χ2n) is 3.56. The second-order valence-corrected chi connectivity index (χ2v) is 3.56. The van der Waals surface area contributed by atoms with Crippen LogP contribution in [0.1, 0.15) is 17.7 Å². The van der Waals surface area contributed by atoms with Crippen LogP contribution in [-0.4, -0.2) is 21.3 Å². The summed E-state index contributed by atoms with van der Waals surface area (Å²) in [4.78, 5) is 10.5. The molecule has 0 aliphatic carbocycles. The van der Waals surface area contributed by atoms with E-state index in [0.717, 1.165) is 22.2 Å². The van der Waals surface area contributed by atoms with Gasteiger partial charge >= 0.3 is 5.97 Å². The fraction of sp³-hybridized carbons (Fsp3) is 0.273. The molecule has 0 spiro atoms. The maximum atomic E-state index is 10.5. The summed E-state index contributed by atoms with van der Waals surface area (Å²) < 4.78 is 0. The molecule has 0 radical (unpaired) electrons. The van der Waals surface area contributed by atoms with Crippen molar-refractivity contribution >= 4 is 16.9 Å². The predicted octanol–water partition coefficient (Wildman–Crippen LogP) is 1.89. The summed E-state index contributed by atoms with van der Waals surface area (Å²) in [6.45, 7) is 2.00. The van der Waals surface area contributed by atoms with E-state index in [1.54, 1.807) is 0 Å². The van der Waals surface area contributed by atoms with E-state index < -0.39 is 5.97 Å². The first-order valence-corrected chi connectivity index (χ1v) is 4.83. The molecule has 0 saturated carbocycles. The zero-order valence-electron chi connectivity index (χ0n) is 8.45. The summed E-state index contributed by atoms with van der Waals surface area (Å²) in [7, 11) is 0. The molecule has 1 heterocycles. The Bertz CT molecular complexity index is 502. The number of carboxylic acids is 1. The number of aromatic nitrogens is 2. The Kier molecular flexibility index (Phi) is 2.41. The minimum absolute atomic E-state index is 0.131. The number of nitrogens with one attached hydrogen (secondary N) is 1. The van der Waals surface area contributed by atoms with E-state index in [1.807, 2.05) is 25.1 Å². The molecule has 0 saturated heterocycles. The molecule has 78 valence electrons. The molecule has 1 aromatic heterocycles. The maximum Gasteiger partial charge on any atom is 0.303 e. The van der Waals surface area contributed by atoms with Crippen LogP contribution in [0.4, 0.5) is 0 Å². The normalized spacial score (nSPS) is 10.7. The van der Waals surface area contributed by atoms with E-state index in [4.69, 9.17) is 5.11 Å². The molecular weight excluding hydrogens is 192 g/mol. The molecule has 15 heavy (non-hydrogen) atoms. The van der Waals surface area contributed by atoms with Gasteiger partial charge in [0, 0.05) is 17.5 Å². The first kappa shape index (κ1) is 9.71. The molecule has 2 aromatic rings. The molecular formula is C11H12N2O2. The van der Waals surface area contributed by atoms with Crippen molar-refractivity contribution in [2.24, 2.45) is 0 Å². The van der Waals surface area contributed by atoms with Crippen molar-refractivity contribution in [2.75, 3.05) is 0 Å². The molecule has 1 aromatic carbocycles. The quantitative estimate of drug-likeness (QED) is 0.802. The number of benzene rings is 1. The van der Waals surface area contributed by atoms with Crippen LogP contribution in [0.25, 0.3) is 10.9 Å². The SMILES string of the molecule is Cc1cccc2n[nH]c(CCC(=O)O)c12. The van der Waals surface area contributed by atoms with Crippen molar-refractivity contribution in [1.29, 1.82) is 0 Å². The number of aliphatic carboxylic acids is 1. The van der Waals surface area contributed by atoms with Gasteiger partial charge in [-0.1, -0.05) is 12.1 Å². The van der Waals surface area contributed by atoms with E-state index >= 15 is 0 Å². The average molecular weight is 204 g/mol. The van der Waals surface area contributed by atoms with Crippen molar-refractivity contribution in [1.82, 2.24) is 10.2 Å². The van der Waals surface area contributed by atoms with Crippen LogP contribution in [0.15, 0.2) is 18.2 Å². The molecule has 0 aliphatic rings. The summed E-state index contributed by atoms with van der Waals surface area (Å²) in [6.07, 6.45) is 0.627. The molecule has 0 amide bonds. The van der Waals surface area contributed by atoms with Gasteiger partial charge in [-0.25, -0.2) is 0 Å². The molecule has 0 atom stereocenters. The van der Waals surface area contributed by atoms with Gasteiger partial charge in [0.1, 0.15) is 0 Å². The molecule has 0 bridgehead atoms. The lowest BCUT2D eigenvalue weighted by Crippen LogP contribution is -1.98. The highest BCUT2D eigenvalue weighted by Gasteiger charge is 2.08. The minimum Gasteiger partial charge on any atom is -0.481 e. The summed E-state index contributed by atoms with van der Waals surface area (Å²) in [6, 6.07) is 5.87. The number of aryl methyl sites for hydroxylation is 2. The minimum atomic E-state index is -0.786. The van der Waals surface area contributed by atoms with Gasteiger partial charge < -0.3 is 5.11 Å². The lowest BCUT2D eigenvalue weighted by Gasteiger charge is -1.98. The van der Waals surface area contributed by atoms with Crippen LogP contribution in [0.3, 0.4) is 0 Å². The fourth-order valence-electron chi connectivity index (χ4n) is 1.73. The van der Waals surface area contributed by atoms with Gasteiger partial charge in [0.15, 0.2) is 0 Å². The van der Waals surface area contributed by atoms with Gasteiger partial charge in [0.2, 0.25) is 0 Å². The first-order chi connectivity index (χ1) is 7.18. The van der Waals surface area contributed by atoms with Crippen molar-refractivity contribution in [3.8, 4) is 0 Å². The molecule has 0 unspecified atom stereocenters. The third-order valence-electron chi connectivity index (χ3n) is 2.45. The van der Waals surface area contributed by atoms with Crippen molar-refractivity contribution < 1.29 is 9.90 Å². The Labute approximate surface area is 86.9 Å². The van der Waals surface area contributed by atoms with E-state index in [2.05, 4.69) is 10.2 Å². The van der Waals surface area contributed by atoms with E-state index in [0.29, 0.717) is 6.42 Å². The Morgan fingerprint density at radius 2 is 2.33 bits per heavy atom. The number of H-pyrrole nitrogens is 1. The number of hydrogen-bond acceptors (Lipinski definition) is 2. The average Bonchev–Trinajstić information content (AvgIpc) is 2.59. The Hall–Kier alpha value is -1.84. The van der Waals surface area contributed by atoms with Crippen LogP contribution < -0.4 is 0 Å². The topological polar surface area (TPSA) is 66.0 Å². The summed E-state index contributed by atoms with van der Waals surface area (Å²) in [5.41, 5.74) is 2.93. The molecule has 2 N–H and O–H groups in total. The highest BCUT2D eigenvalue weighted by molar-refractivity contribution is 5.85. The lowest BCUT2D eigenvalue weighted by atomic mass is 10.1. The van der Waals surface area contributed by atoms with Gasteiger partial charge in [0.25, 0.3) is 0 Å². The summed E-state index contributed by atoms with van der Waals surface area (Å²) in [5, 5.41) is 16.7. The summed E-state index contributed by atoms with van der Waals surface area (Å²) >= 11 is 0. The van der Waals surface area contributed by atoms with E-state index in [9.17, 15) is 4.79 Å². The summed E-state index contributed by atoms with van der Waals surface area (Å²) in [5.74, 6) is -0.786. The highest BCUT2D eigenvalue weighted by Crippen LogP contribution is 2.20. The van der Waals surface area contributed by atoms with Crippen LogP contribution in [0.5, 0.6) is 0 Å². The van der Waals surface area contributed by atoms with Crippen LogP contribution in [0, 0.1) is 6.92 Å². The third kappa shape index (κ3) is 1.83. The van der Waals surface area contributed by atoms with Crippen molar-refractivity contribution in [3.05, 3.63) is 29.5 Å². The standard InChI is InChI=1S/C11H12N2O2/c1-7-3-2-4-8-11(7)9(13-12-8)5-6-10(14)15/h2-4H,5-6H2,1H3,(H,12,13)(H,14,15). The van der Waals surface area contributed by atoms with Crippen LogP contribution in [-0.2, 0) is 11.2 Å². The van der Waals surface area contributed by atoms with Gasteiger partial charge in [-0.15, -0.1) is 0 Å². The third-order valence-corrected chi connectivity index (χ3v) is 2.45. The number of nitrogens with zero attached hydrogens (tertiary/aromatic N) is 1. The number of aromatic amines is 1. The van der Waals surface area contributed by atoms with Crippen molar-refractivity contribution in [2.45, 2.75) is 19.8 Å². The van der Waals surface area contributed by atoms with E-state index in [-0.39, 0.29) is 6.42 Å². The van der Waals surface area contributed by atoms with Crippen LogP contribution in [0.2, 0.25) is 0 Å². The van der Waals surface area contributed by atoms with Gasteiger partial charge in [0.05, 0.1) is 11.9 Å². The van der Waals surface area contributed by atoms with Crippen molar-refractivity contribution in [3.63, 3.8) is 0 Å². The molecule has 0 fully saturated rings. The fourth-order valence-corrected chi connectivity index (χ4v) is 1.73. The molecule has 0 aliphatic heterocycles. The zero-order valence-corrected chi connectivity index (χ0v) is 8.45. The molecule has 4 heteroatoms. The highest BCUT2D eigenvalue weighted by atomic mass is 16.4. The van der Waals surface area contributed by atoms with Crippen LogP contribution >= 0.6 is 0 Å². The smallest absolute Gasteiger partial charge is 0.303 e. The first-order valence-electron chi connectivity index (χ1n) is 4.83. The lowest BCUT2D eigenvalue weighted by molar-refractivity contribution is -0.136. The Morgan fingerprint density at radius 3 is 3.07 bits per heavy atom. The number of carbonyl (C=O) groups is 1. The predicted molar refractivity (Wildman–Crippen MR) is 56.8 cm³/mol. The Morgan fingerprint density at radius 1 is 1.53 bits per heavy atom. The zero-order chi connectivity index (χ0) is 10.8. The largest absolute Gasteiger partial charge is 0.481 e. The monoisotopic (exact) mass is 204 g/mol. The number of rotatable bonds is 3. The number of fused-ring (bicyclic) bond motifs is 1. The number of carboxylic acid groups (broad SMARTS) is 1.